The monoisotopic (exact) mass is 254 g/mol. The highest BCUT2D eigenvalue weighted by Crippen LogP contribution is 2.30. The molecule has 0 aromatic carbocycles. The number of thiocarbonyl (C=S) groups is 1. The summed E-state index contributed by atoms with van der Waals surface area (Å²) in [5, 5.41) is 8.32. The molecule has 6 heteroatoms. The van der Waals surface area contributed by atoms with Crippen LogP contribution in [0.1, 0.15) is 43.1 Å². The van der Waals surface area contributed by atoms with Crippen LogP contribution < -0.4 is 5.73 Å². The first-order valence-corrected chi connectivity index (χ1v) is 6.37. The molecule has 0 bridgehead atoms. The molecule has 0 saturated heterocycles. The predicted octanol–water partition coefficient (Wildman–Crippen LogP) is 1.22. The number of hydrogen-bond acceptors (Lipinski definition) is 4. The fraction of sp³-hybridized carbons (Fsp3) is 0.727. The van der Waals surface area contributed by atoms with Gasteiger partial charge in [0.25, 0.3) is 0 Å². The maximum Gasteiger partial charge on any atom is 0.143 e. The van der Waals surface area contributed by atoms with Crippen molar-refractivity contribution in [3.05, 3.63) is 11.4 Å². The van der Waals surface area contributed by atoms with Crippen LogP contribution in [0, 0.1) is 0 Å². The van der Waals surface area contributed by atoms with Gasteiger partial charge in [-0.2, -0.15) is 0 Å². The molecule has 17 heavy (non-hydrogen) atoms. The lowest BCUT2D eigenvalue weighted by molar-refractivity contribution is 0.199. The molecule has 1 aliphatic carbocycles. The Hall–Kier alpha value is -1.01. The Balaban J connectivity index is 2.26. The molecule has 94 valence electrons. The Morgan fingerprint density at radius 1 is 1.53 bits per heavy atom. The summed E-state index contributed by atoms with van der Waals surface area (Å²) in [7, 11) is 1.68. The Labute approximate surface area is 106 Å². The highest BCUT2D eigenvalue weighted by atomic mass is 32.1. The lowest BCUT2D eigenvalue weighted by Gasteiger charge is -2.13. The number of aromatic nitrogens is 3. The van der Waals surface area contributed by atoms with E-state index < -0.39 is 0 Å². The van der Waals surface area contributed by atoms with Gasteiger partial charge in [0.15, 0.2) is 0 Å². The Morgan fingerprint density at radius 2 is 2.24 bits per heavy atom. The van der Waals surface area contributed by atoms with Crippen molar-refractivity contribution >= 4 is 17.2 Å². The van der Waals surface area contributed by atoms with Crippen LogP contribution in [0.4, 0.5) is 0 Å². The van der Waals surface area contributed by atoms with Gasteiger partial charge < -0.3 is 10.5 Å². The zero-order chi connectivity index (χ0) is 12.3. The van der Waals surface area contributed by atoms with E-state index in [0.717, 1.165) is 12.1 Å². The third-order valence-electron chi connectivity index (χ3n) is 3.24. The van der Waals surface area contributed by atoms with Crippen molar-refractivity contribution in [3.63, 3.8) is 0 Å². The van der Waals surface area contributed by atoms with Gasteiger partial charge in [0.1, 0.15) is 10.7 Å². The molecular weight excluding hydrogens is 236 g/mol. The quantitative estimate of drug-likeness (QED) is 0.800. The molecule has 1 aromatic rings. The molecule has 2 N–H and O–H groups in total. The van der Waals surface area contributed by atoms with Crippen molar-refractivity contribution in [2.45, 2.75) is 38.1 Å². The molecule has 0 amide bonds. The van der Waals surface area contributed by atoms with Crippen molar-refractivity contribution in [2.24, 2.45) is 5.73 Å². The van der Waals surface area contributed by atoms with E-state index in [9.17, 15) is 0 Å². The van der Waals surface area contributed by atoms with E-state index in [1.807, 2.05) is 4.68 Å². The number of rotatable bonds is 5. The van der Waals surface area contributed by atoms with E-state index >= 15 is 0 Å². The first-order valence-electron chi connectivity index (χ1n) is 5.97. The van der Waals surface area contributed by atoms with Crippen LogP contribution >= 0.6 is 12.2 Å². The van der Waals surface area contributed by atoms with E-state index in [0.29, 0.717) is 23.3 Å². The minimum atomic E-state index is 0.320. The summed E-state index contributed by atoms with van der Waals surface area (Å²) in [5.74, 6) is 0. The van der Waals surface area contributed by atoms with Crippen LogP contribution in [0.15, 0.2) is 0 Å². The van der Waals surface area contributed by atoms with Crippen LogP contribution in [0.25, 0.3) is 0 Å². The zero-order valence-electron chi connectivity index (χ0n) is 10.1. The number of hydrogen-bond donors (Lipinski definition) is 1. The molecule has 0 aliphatic heterocycles. The van der Waals surface area contributed by atoms with E-state index in [1.165, 1.54) is 25.7 Å². The minimum absolute atomic E-state index is 0.320. The van der Waals surface area contributed by atoms with Crippen molar-refractivity contribution in [1.29, 1.82) is 0 Å². The standard InChI is InChI=1S/C11H18N4OS/c1-16-7-6-9-10(11(12)17)13-14-15(9)8-4-2-3-5-8/h8H,2-7H2,1H3,(H2,12,17). The van der Waals surface area contributed by atoms with Gasteiger partial charge in [-0.25, -0.2) is 4.68 Å². The van der Waals surface area contributed by atoms with Gasteiger partial charge in [0.2, 0.25) is 0 Å². The predicted molar refractivity (Wildman–Crippen MR) is 69.0 cm³/mol. The normalized spacial score (nSPS) is 16.5. The molecule has 1 fully saturated rings. The molecule has 2 rings (SSSR count). The summed E-state index contributed by atoms with van der Waals surface area (Å²) in [6.07, 6.45) is 5.61. The molecular formula is C11H18N4OS. The summed E-state index contributed by atoms with van der Waals surface area (Å²) >= 11 is 5.01. The van der Waals surface area contributed by atoms with Crippen molar-refractivity contribution in [2.75, 3.05) is 13.7 Å². The lowest BCUT2D eigenvalue weighted by Crippen LogP contribution is -2.17. The van der Waals surface area contributed by atoms with Gasteiger partial charge >= 0.3 is 0 Å². The van der Waals surface area contributed by atoms with Gasteiger partial charge in [-0.15, -0.1) is 5.10 Å². The SMILES string of the molecule is COCCc1c(C(N)=S)nnn1C1CCCC1. The van der Waals surface area contributed by atoms with Gasteiger partial charge in [-0.1, -0.05) is 30.3 Å². The van der Waals surface area contributed by atoms with Crippen molar-refractivity contribution in [3.8, 4) is 0 Å². The second kappa shape index (κ2) is 5.55. The van der Waals surface area contributed by atoms with Gasteiger partial charge in [0, 0.05) is 13.5 Å². The third-order valence-corrected chi connectivity index (χ3v) is 3.43. The zero-order valence-corrected chi connectivity index (χ0v) is 10.9. The minimum Gasteiger partial charge on any atom is -0.388 e. The largest absolute Gasteiger partial charge is 0.388 e. The average Bonchev–Trinajstić information content (AvgIpc) is 2.94. The van der Waals surface area contributed by atoms with Crippen molar-refractivity contribution in [1.82, 2.24) is 15.0 Å². The molecule has 5 nitrogen and oxygen atoms in total. The van der Waals surface area contributed by atoms with E-state index in [2.05, 4.69) is 10.3 Å². The van der Waals surface area contributed by atoms with Gasteiger partial charge in [0.05, 0.1) is 18.3 Å². The van der Waals surface area contributed by atoms with Gasteiger partial charge in [-0.05, 0) is 12.8 Å². The number of nitrogens with zero attached hydrogens (tertiary/aromatic N) is 3. The van der Waals surface area contributed by atoms with Gasteiger partial charge in [-0.3, -0.25) is 0 Å². The Bertz CT molecular complexity index is 398. The van der Waals surface area contributed by atoms with E-state index in [-0.39, 0.29) is 0 Å². The number of nitrogens with two attached hydrogens (primary N) is 1. The smallest absolute Gasteiger partial charge is 0.143 e. The first-order chi connectivity index (χ1) is 8.24. The summed E-state index contributed by atoms with van der Waals surface area (Å²) in [6, 6.07) is 0.456. The van der Waals surface area contributed by atoms with Crippen LogP contribution in [0.2, 0.25) is 0 Å². The molecule has 0 spiro atoms. The Morgan fingerprint density at radius 3 is 2.82 bits per heavy atom. The van der Waals surface area contributed by atoms with Crippen LogP contribution in [0.5, 0.6) is 0 Å². The molecule has 0 unspecified atom stereocenters. The lowest BCUT2D eigenvalue weighted by atomic mass is 10.2. The first kappa shape index (κ1) is 12.4. The maximum absolute atomic E-state index is 5.67. The third kappa shape index (κ3) is 2.63. The highest BCUT2D eigenvalue weighted by Gasteiger charge is 2.23. The molecule has 1 heterocycles. The van der Waals surface area contributed by atoms with E-state index in [1.54, 1.807) is 7.11 Å². The molecule has 0 radical (unpaired) electrons. The molecule has 1 saturated carbocycles. The highest BCUT2D eigenvalue weighted by molar-refractivity contribution is 7.80. The Kier molecular flexibility index (Phi) is 4.06. The fourth-order valence-corrected chi connectivity index (χ4v) is 2.54. The fourth-order valence-electron chi connectivity index (χ4n) is 2.38. The van der Waals surface area contributed by atoms with Crippen molar-refractivity contribution < 1.29 is 4.74 Å². The summed E-state index contributed by atoms with van der Waals surface area (Å²) < 4.78 is 7.12. The van der Waals surface area contributed by atoms with E-state index in [4.69, 9.17) is 22.7 Å². The average molecular weight is 254 g/mol. The second-order valence-electron chi connectivity index (χ2n) is 4.37. The number of ether oxygens (including phenoxy) is 1. The number of methoxy groups -OCH3 is 1. The molecule has 0 atom stereocenters. The molecule has 1 aliphatic rings. The summed E-state index contributed by atoms with van der Waals surface area (Å²) in [5.41, 5.74) is 7.35. The second-order valence-corrected chi connectivity index (χ2v) is 4.81. The van der Waals surface area contributed by atoms with Crippen LogP contribution in [0.3, 0.4) is 0 Å². The summed E-state index contributed by atoms with van der Waals surface area (Å²) in [4.78, 5) is 0.320. The van der Waals surface area contributed by atoms with Crippen LogP contribution in [-0.4, -0.2) is 33.7 Å². The topological polar surface area (TPSA) is 66.0 Å². The summed E-state index contributed by atoms with van der Waals surface area (Å²) in [6.45, 7) is 0.635. The maximum atomic E-state index is 5.67. The molecule has 1 aromatic heterocycles. The van der Waals surface area contributed by atoms with Crippen LogP contribution in [-0.2, 0) is 11.2 Å².